The maximum atomic E-state index is 12.5. The SMILES string of the molecule is CNC1CCN(C(=O)c2ccc(OC)cc2OC)C1. The van der Waals surface area contributed by atoms with Crippen LogP contribution in [0.4, 0.5) is 0 Å². The molecule has 1 heterocycles. The normalized spacial score (nSPS) is 18.5. The van der Waals surface area contributed by atoms with Crippen molar-refractivity contribution >= 4 is 5.91 Å². The fraction of sp³-hybridized carbons (Fsp3) is 0.500. The molecule has 1 unspecified atom stereocenters. The predicted molar refractivity (Wildman–Crippen MR) is 72.9 cm³/mol. The average molecular weight is 264 g/mol. The van der Waals surface area contributed by atoms with E-state index in [1.165, 1.54) is 0 Å². The van der Waals surface area contributed by atoms with Gasteiger partial charge in [-0.3, -0.25) is 4.79 Å². The fourth-order valence-electron chi connectivity index (χ4n) is 2.33. The molecule has 0 radical (unpaired) electrons. The molecule has 1 aliphatic rings. The van der Waals surface area contributed by atoms with Crippen LogP contribution in [0.5, 0.6) is 11.5 Å². The van der Waals surface area contributed by atoms with Crippen LogP contribution in [0.3, 0.4) is 0 Å². The largest absolute Gasteiger partial charge is 0.497 e. The number of ether oxygens (including phenoxy) is 2. The summed E-state index contributed by atoms with van der Waals surface area (Å²) < 4.78 is 10.4. The first-order valence-electron chi connectivity index (χ1n) is 6.38. The summed E-state index contributed by atoms with van der Waals surface area (Å²) in [4.78, 5) is 14.3. The summed E-state index contributed by atoms with van der Waals surface area (Å²) >= 11 is 0. The van der Waals surface area contributed by atoms with Crippen LogP contribution in [0, 0.1) is 0 Å². The molecule has 1 N–H and O–H groups in total. The van der Waals surface area contributed by atoms with Crippen molar-refractivity contribution in [3.63, 3.8) is 0 Å². The number of likely N-dealkylation sites (N-methyl/N-ethyl adjacent to an activating group) is 1. The van der Waals surface area contributed by atoms with E-state index in [2.05, 4.69) is 5.32 Å². The topological polar surface area (TPSA) is 50.8 Å². The summed E-state index contributed by atoms with van der Waals surface area (Å²) in [7, 11) is 5.08. The monoisotopic (exact) mass is 264 g/mol. The van der Waals surface area contributed by atoms with E-state index in [-0.39, 0.29) is 5.91 Å². The lowest BCUT2D eigenvalue weighted by Gasteiger charge is -2.18. The van der Waals surface area contributed by atoms with E-state index >= 15 is 0 Å². The molecule has 0 saturated carbocycles. The first kappa shape index (κ1) is 13.7. The van der Waals surface area contributed by atoms with E-state index in [1.54, 1.807) is 32.4 Å². The molecule has 0 bridgehead atoms. The van der Waals surface area contributed by atoms with E-state index < -0.39 is 0 Å². The number of hydrogen-bond donors (Lipinski definition) is 1. The predicted octanol–water partition coefficient (Wildman–Crippen LogP) is 1.14. The second-order valence-electron chi connectivity index (χ2n) is 4.59. The van der Waals surface area contributed by atoms with Crippen molar-refractivity contribution in [1.29, 1.82) is 0 Å². The molecule has 1 amide bonds. The van der Waals surface area contributed by atoms with Crippen LogP contribution in [0.1, 0.15) is 16.8 Å². The smallest absolute Gasteiger partial charge is 0.257 e. The van der Waals surface area contributed by atoms with Crippen molar-refractivity contribution in [2.75, 3.05) is 34.4 Å². The highest BCUT2D eigenvalue weighted by Crippen LogP contribution is 2.26. The van der Waals surface area contributed by atoms with Gasteiger partial charge in [-0.25, -0.2) is 0 Å². The summed E-state index contributed by atoms with van der Waals surface area (Å²) in [6.07, 6.45) is 0.987. The van der Waals surface area contributed by atoms with Gasteiger partial charge in [0, 0.05) is 25.2 Å². The highest BCUT2D eigenvalue weighted by atomic mass is 16.5. The van der Waals surface area contributed by atoms with Crippen molar-refractivity contribution in [2.45, 2.75) is 12.5 Å². The van der Waals surface area contributed by atoms with Crippen LogP contribution in [-0.4, -0.2) is 51.2 Å². The second-order valence-corrected chi connectivity index (χ2v) is 4.59. The molecule has 1 fully saturated rings. The Morgan fingerprint density at radius 1 is 1.37 bits per heavy atom. The van der Waals surface area contributed by atoms with Gasteiger partial charge in [0.05, 0.1) is 19.8 Å². The number of carbonyl (C=O) groups is 1. The molecular weight excluding hydrogens is 244 g/mol. The summed E-state index contributed by atoms with van der Waals surface area (Å²) in [6, 6.07) is 5.65. The Morgan fingerprint density at radius 3 is 2.74 bits per heavy atom. The number of nitrogens with one attached hydrogen (secondary N) is 1. The number of methoxy groups -OCH3 is 2. The summed E-state index contributed by atoms with van der Waals surface area (Å²) in [5, 5.41) is 3.20. The van der Waals surface area contributed by atoms with Crippen LogP contribution in [0.25, 0.3) is 0 Å². The maximum Gasteiger partial charge on any atom is 0.257 e. The highest BCUT2D eigenvalue weighted by Gasteiger charge is 2.27. The molecule has 19 heavy (non-hydrogen) atoms. The van der Waals surface area contributed by atoms with Gasteiger partial charge in [-0.1, -0.05) is 0 Å². The zero-order valence-corrected chi connectivity index (χ0v) is 11.6. The van der Waals surface area contributed by atoms with E-state index in [0.29, 0.717) is 23.1 Å². The van der Waals surface area contributed by atoms with Gasteiger partial charge in [0.15, 0.2) is 0 Å². The molecule has 1 aliphatic heterocycles. The van der Waals surface area contributed by atoms with Gasteiger partial charge in [-0.2, -0.15) is 0 Å². The molecule has 0 aromatic heterocycles. The molecule has 5 heteroatoms. The Bertz CT molecular complexity index is 462. The van der Waals surface area contributed by atoms with E-state index in [1.807, 2.05) is 11.9 Å². The van der Waals surface area contributed by atoms with Gasteiger partial charge in [0.1, 0.15) is 11.5 Å². The van der Waals surface area contributed by atoms with Gasteiger partial charge in [0.25, 0.3) is 5.91 Å². The van der Waals surface area contributed by atoms with E-state index in [9.17, 15) is 4.79 Å². The minimum atomic E-state index is 0.0113. The van der Waals surface area contributed by atoms with Gasteiger partial charge < -0.3 is 19.7 Å². The number of carbonyl (C=O) groups excluding carboxylic acids is 1. The van der Waals surface area contributed by atoms with Crippen LogP contribution >= 0.6 is 0 Å². The number of benzene rings is 1. The Hall–Kier alpha value is -1.75. The third-order valence-corrected chi connectivity index (χ3v) is 3.52. The lowest BCUT2D eigenvalue weighted by Crippen LogP contribution is -2.33. The molecule has 2 rings (SSSR count). The number of rotatable bonds is 4. The van der Waals surface area contributed by atoms with Gasteiger partial charge in [0.2, 0.25) is 0 Å². The summed E-state index contributed by atoms with van der Waals surface area (Å²) in [5.41, 5.74) is 0.583. The van der Waals surface area contributed by atoms with Gasteiger partial charge in [-0.05, 0) is 25.6 Å². The fourth-order valence-corrected chi connectivity index (χ4v) is 2.33. The first-order chi connectivity index (χ1) is 9.19. The molecule has 1 aromatic rings. The molecular formula is C14H20N2O3. The zero-order valence-electron chi connectivity index (χ0n) is 11.6. The van der Waals surface area contributed by atoms with Crippen molar-refractivity contribution in [2.24, 2.45) is 0 Å². The number of nitrogens with zero attached hydrogens (tertiary/aromatic N) is 1. The van der Waals surface area contributed by atoms with Gasteiger partial charge >= 0.3 is 0 Å². The quantitative estimate of drug-likeness (QED) is 0.886. The van der Waals surface area contributed by atoms with E-state index in [0.717, 1.165) is 19.5 Å². The van der Waals surface area contributed by atoms with Crippen molar-refractivity contribution < 1.29 is 14.3 Å². The molecule has 1 atom stereocenters. The van der Waals surface area contributed by atoms with Crippen LogP contribution in [0.2, 0.25) is 0 Å². The summed E-state index contributed by atoms with van der Waals surface area (Å²) in [6.45, 7) is 1.52. The van der Waals surface area contributed by atoms with E-state index in [4.69, 9.17) is 9.47 Å². The third-order valence-electron chi connectivity index (χ3n) is 3.52. The van der Waals surface area contributed by atoms with Crippen molar-refractivity contribution in [1.82, 2.24) is 10.2 Å². The molecule has 1 saturated heterocycles. The minimum Gasteiger partial charge on any atom is -0.497 e. The molecule has 104 valence electrons. The summed E-state index contributed by atoms with van der Waals surface area (Å²) in [5.74, 6) is 1.25. The maximum absolute atomic E-state index is 12.5. The minimum absolute atomic E-state index is 0.0113. The first-order valence-corrected chi connectivity index (χ1v) is 6.38. The third kappa shape index (κ3) is 2.81. The molecule has 0 spiro atoms. The highest BCUT2D eigenvalue weighted by molar-refractivity contribution is 5.97. The second kappa shape index (κ2) is 5.93. The lowest BCUT2D eigenvalue weighted by molar-refractivity contribution is 0.0786. The molecule has 0 aliphatic carbocycles. The van der Waals surface area contributed by atoms with Crippen molar-refractivity contribution in [3.8, 4) is 11.5 Å². The standard InChI is InChI=1S/C14H20N2O3/c1-15-10-6-7-16(9-10)14(17)12-5-4-11(18-2)8-13(12)19-3/h4-5,8,10,15H,6-7,9H2,1-3H3. The lowest BCUT2D eigenvalue weighted by atomic mass is 10.1. The Morgan fingerprint density at radius 2 is 2.16 bits per heavy atom. The Balaban J connectivity index is 2.19. The molecule has 5 nitrogen and oxygen atoms in total. The Labute approximate surface area is 113 Å². The number of hydrogen-bond acceptors (Lipinski definition) is 4. The zero-order chi connectivity index (χ0) is 13.8. The Kier molecular flexibility index (Phi) is 4.27. The van der Waals surface area contributed by atoms with Crippen LogP contribution in [-0.2, 0) is 0 Å². The number of likely N-dealkylation sites (tertiary alicyclic amines) is 1. The van der Waals surface area contributed by atoms with Crippen molar-refractivity contribution in [3.05, 3.63) is 23.8 Å². The molecule has 1 aromatic carbocycles. The average Bonchev–Trinajstić information content (AvgIpc) is 2.94. The van der Waals surface area contributed by atoms with Crippen LogP contribution < -0.4 is 14.8 Å². The van der Waals surface area contributed by atoms with Gasteiger partial charge in [-0.15, -0.1) is 0 Å². The van der Waals surface area contributed by atoms with Crippen LogP contribution in [0.15, 0.2) is 18.2 Å². The number of amides is 1.